The maximum atomic E-state index is 11.5. The smallest absolute Gasteiger partial charge is 0.179 e. The number of methoxy groups -OCH3 is 1. The van der Waals surface area contributed by atoms with Crippen LogP contribution in [-0.4, -0.2) is 18.2 Å². The highest BCUT2D eigenvalue weighted by molar-refractivity contribution is 9.09. The first-order valence-corrected chi connectivity index (χ1v) is 5.25. The van der Waals surface area contributed by atoms with Crippen LogP contribution in [0.4, 0.5) is 5.69 Å². The molecule has 0 bridgehead atoms. The molecule has 0 atom stereocenters. The summed E-state index contributed by atoms with van der Waals surface area (Å²) in [5, 5.41) is 0.247. The van der Waals surface area contributed by atoms with E-state index in [1.165, 1.54) is 7.11 Å². The van der Waals surface area contributed by atoms with E-state index in [-0.39, 0.29) is 11.1 Å². The van der Waals surface area contributed by atoms with Crippen LogP contribution in [0, 0.1) is 6.92 Å². The number of aryl methyl sites for hydroxylation is 1. The molecule has 1 aromatic carbocycles. The molecular weight excluding hydrogens is 246 g/mol. The van der Waals surface area contributed by atoms with Crippen LogP contribution in [0.5, 0.6) is 5.75 Å². The fourth-order valence-corrected chi connectivity index (χ4v) is 1.59. The molecule has 4 heteroatoms. The molecule has 1 rings (SSSR count). The molecule has 0 saturated carbocycles. The Labute approximate surface area is 91.4 Å². The number of benzene rings is 1. The second kappa shape index (κ2) is 4.46. The van der Waals surface area contributed by atoms with E-state index < -0.39 is 0 Å². The third-order valence-electron chi connectivity index (χ3n) is 1.90. The first kappa shape index (κ1) is 11.0. The molecule has 0 radical (unpaired) electrons. The van der Waals surface area contributed by atoms with Crippen molar-refractivity contribution < 1.29 is 9.53 Å². The van der Waals surface area contributed by atoms with Crippen molar-refractivity contribution in [2.24, 2.45) is 0 Å². The minimum absolute atomic E-state index is 0.0700. The van der Waals surface area contributed by atoms with Crippen molar-refractivity contribution in [3.8, 4) is 5.75 Å². The third-order valence-corrected chi connectivity index (χ3v) is 2.41. The van der Waals surface area contributed by atoms with Crippen molar-refractivity contribution in [2.75, 3.05) is 18.2 Å². The number of Topliss-reactive ketones (excluding diaryl/α,β-unsaturated/α-hetero) is 1. The van der Waals surface area contributed by atoms with E-state index in [1.807, 2.05) is 6.92 Å². The molecule has 14 heavy (non-hydrogen) atoms. The second-order valence-corrected chi connectivity index (χ2v) is 3.55. The zero-order valence-electron chi connectivity index (χ0n) is 8.13. The highest BCUT2D eigenvalue weighted by Gasteiger charge is 2.15. The predicted octanol–water partition coefficient (Wildman–Crippen LogP) is 2.16. The lowest BCUT2D eigenvalue weighted by Crippen LogP contribution is -2.07. The van der Waals surface area contributed by atoms with Gasteiger partial charge in [0.1, 0.15) is 5.75 Å². The molecule has 0 spiro atoms. The molecule has 3 nitrogen and oxygen atoms in total. The van der Waals surface area contributed by atoms with Gasteiger partial charge in [-0.15, -0.1) is 0 Å². The highest BCUT2D eigenvalue weighted by atomic mass is 79.9. The number of ketones is 1. The van der Waals surface area contributed by atoms with Crippen molar-refractivity contribution in [3.05, 3.63) is 23.3 Å². The summed E-state index contributed by atoms with van der Waals surface area (Å²) in [6, 6.07) is 3.56. The summed E-state index contributed by atoms with van der Waals surface area (Å²) in [5.41, 5.74) is 7.65. The Hall–Kier alpha value is -1.03. The van der Waals surface area contributed by atoms with Crippen LogP contribution >= 0.6 is 15.9 Å². The molecule has 1 aromatic rings. The largest absolute Gasteiger partial charge is 0.496 e. The number of carbonyl (C=O) groups is 1. The van der Waals surface area contributed by atoms with Gasteiger partial charge in [-0.25, -0.2) is 0 Å². The number of carbonyl (C=O) groups excluding carboxylic acids is 1. The predicted molar refractivity (Wildman–Crippen MR) is 60.3 cm³/mol. The summed E-state index contributed by atoms with van der Waals surface area (Å²) < 4.78 is 5.11. The van der Waals surface area contributed by atoms with Crippen LogP contribution in [-0.2, 0) is 0 Å². The number of ether oxygens (including phenoxy) is 1. The fraction of sp³-hybridized carbons (Fsp3) is 0.300. The molecule has 0 saturated heterocycles. The Morgan fingerprint density at radius 3 is 2.71 bits per heavy atom. The van der Waals surface area contributed by atoms with Gasteiger partial charge in [0, 0.05) is 5.69 Å². The molecule has 0 aliphatic rings. The summed E-state index contributed by atoms with van der Waals surface area (Å²) in [7, 11) is 1.53. The number of nitrogens with two attached hydrogens (primary N) is 1. The molecule has 0 unspecified atom stereocenters. The van der Waals surface area contributed by atoms with Crippen LogP contribution in [0.2, 0.25) is 0 Å². The van der Waals surface area contributed by atoms with Gasteiger partial charge >= 0.3 is 0 Å². The Balaban J connectivity index is 3.32. The zero-order valence-corrected chi connectivity index (χ0v) is 9.72. The van der Waals surface area contributed by atoms with Gasteiger partial charge in [-0.1, -0.05) is 15.9 Å². The standard InChI is InChI=1S/C10H12BrNO2/c1-6-3-7(12)10(8(13)5-11)9(4-6)14-2/h3-4H,5,12H2,1-2H3. The number of rotatable bonds is 3. The SMILES string of the molecule is COc1cc(C)cc(N)c1C(=O)CBr. The molecule has 0 aliphatic heterocycles. The van der Waals surface area contributed by atoms with Gasteiger partial charge in [0.2, 0.25) is 0 Å². The van der Waals surface area contributed by atoms with E-state index in [0.29, 0.717) is 17.0 Å². The Morgan fingerprint density at radius 2 is 2.21 bits per heavy atom. The van der Waals surface area contributed by atoms with Crippen LogP contribution in [0.1, 0.15) is 15.9 Å². The summed E-state index contributed by atoms with van der Waals surface area (Å²) in [5.74, 6) is 0.464. The van der Waals surface area contributed by atoms with Crippen LogP contribution in [0.3, 0.4) is 0 Å². The minimum atomic E-state index is -0.0700. The fourth-order valence-electron chi connectivity index (χ4n) is 1.31. The number of anilines is 1. The Bertz CT molecular complexity index is 363. The monoisotopic (exact) mass is 257 g/mol. The first-order valence-electron chi connectivity index (χ1n) is 4.13. The quantitative estimate of drug-likeness (QED) is 0.513. The van der Waals surface area contributed by atoms with Gasteiger partial charge in [-0.05, 0) is 24.6 Å². The number of hydrogen-bond donors (Lipinski definition) is 1. The first-order chi connectivity index (χ1) is 6.60. The molecule has 2 N–H and O–H groups in total. The zero-order chi connectivity index (χ0) is 10.7. The molecule has 0 aliphatic carbocycles. The number of nitrogen functional groups attached to an aromatic ring is 1. The van der Waals surface area contributed by atoms with E-state index in [2.05, 4.69) is 15.9 Å². The lowest BCUT2D eigenvalue weighted by Gasteiger charge is -2.10. The summed E-state index contributed by atoms with van der Waals surface area (Å²) in [4.78, 5) is 11.5. The van der Waals surface area contributed by atoms with Crippen LogP contribution in [0.25, 0.3) is 0 Å². The lowest BCUT2D eigenvalue weighted by atomic mass is 10.1. The average molecular weight is 258 g/mol. The molecule has 0 amide bonds. The van der Waals surface area contributed by atoms with Gasteiger partial charge in [0.05, 0.1) is 18.0 Å². The van der Waals surface area contributed by atoms with Crippen molar-refractivity contribution in [2.45, 2.75) is 6.92 Å². The number of halogens is 1. The van der Waals surface area contributed by atoms with Gasteiger partial charge in [0.25, 0.3) is 0 Å². The van der Waals surface area contributed by atoms with E-state index in [0.717, 1.165) is 5.56 Å². The maximum absolute atomic E-state index is 11.5. The summed E-state index contributed by atoms with van der Waals surface area (Å²) in [6.45, 7) is 1.90. The molecule has 0 heterocycles. The maximum Gasteiger partial charge on any atom is 0.179 e. The minimum Gasteiger partial charge on any atom is -0.496 e. The third kappa shape index (κ3) is 2.07. The van der Waals surface area contributed by atoms with E-state index >= 15 is 0 Å². The molecule has 76 valence electrons. The Kier molecular flexibility index (Phi) is 3.52. The van der Waals surface area contributed by atoms with Crippen molar-refractivity contribution in [3.63, 3.8) is 0 Å². The molecular formula is C10H12BrNO2. The van der Waals surface area contributed by atoms with E-state index in [1.54, 1.807) is 12.1 Å². The number of alkyl halides is 1. The highest BCUT2D eigenvalue weighted by Crippen LogP contribution is 2.27. The van der Waals surface area contributed by atoms with Crippen molar-refractivity contribution >= 4 is 27.4 Å². The summed E-state index contributed by atoms with van der Waals surface area (Å²) in [6.07, 6.45) is 0. The topological polar surface area (TPSA) is 52.3 Å². The van der Waals surface area contributed by atoms with Crippen LogP contribution < -0.4 is 10.5 Å². The molecule has 0 fully saturated rings. The van der Waals surface area contributed by atoms with Crippen LogP contribution in [0.15, 0.2) is 12.1 Å². The lowest BCUT2D eigenvalue weighted by molar-refractivity contribution is 0.102. The molecule has 0 aromatic heterocycles. The van der Waals surface area contributed by atoms with Gasteiger partial charge in [-0.3, -0.25) is 4.79 Å². The number of hydrogen-bond acceptors (Lipinski definition) is 3. The summed E-state index contributed by atoms with van der Waals surface area (Å²) >= 11 is 3.11. The van der Waals surface area contributed by atoms with Crippen molar-refractivity contribution in [1.29, 1.82) is 0 Å². The van der Waals surface area contributed by atoms with E-state index in [9.17, 15) is 4.79 Å². The normalized spacial score (nSPS) is 9.93. The van der Waals surface area contributed by atoms with Gasteiger partial charge in [-0.2, -0.15) is 0 Å². The van der Waals surface area contributed by atoms with E-state index in [4.69, 9.17) is 10.5 Å². The second-order valence-electron chi connectivity index (χ2n) is 2.99. The van der Waals surface area contributed by atoms with Crippen molar-refractivity contribution in [1.82, 2.24) is 0 Å². The average Bonchev–Trinajstić information content (AvgIpc) is 2.15. The Morgan fingerprint density at radius 1 is 1.57 bits per heavy atom. The van der Waals surface area contributed by atoms with Gasteiger partial charge in [0.15, 0.2) is 5.78 Å². The van der Waals surface area contributed by atoms with Gasteiger partial charge < -0.3 is 10.5 Å².